The van der Waals surface area contributed by atoms with Crippen molar-refractivity contribution < 1.29 is 18.7 Å². The van der Waals surface area contributed by atoms with Crippen molar-refractivity contribution in [3.63, 3.8) is 0 Å². The molecule has 3 aromatic rings. The second-order valence-corrected chi connectivity index (χ2v) is 6.10. The predicted octanol–water partition coefficient (Wildman–Crippen LogP) is 2.75. The summed E-state index contributed by atoms with van der Waals surface area (Å²) in [6.45, 7) is 0. The van der Waals surface area contributed by atoms with E-state index in [1.165, 1.54) is 12.0 Å². The molecule has 0 unspecified atom stereocenters. The zero-order valence-corrected chi connectivity index (χ0v) is 14.2. The van der Waals surface area contributed by atoms with Crippen molar-refractivity contribution in [2.75, 3.05) is 14.2 Å². The highest BCUT2D eigenvalue weighted by Gasteiger charge is 2.40. The van der Waals surface area contributed by atoms with Crippen molar-refractivity contribution in [2.24, 2.45) is 0 Å². The topological polar surface area (TPSA) is 76.8 Å². The van der Waals surface area contributed by atoms with Crippen LogP contribution in [0.4, 0.5) is 0 Å². The molecule has 4 rings (SSSR count). The summed E-state index contributed by atoms with van der Waals surface area (Å²) in [7, 11) is 2.94. The maximum atomic E-state index is 13.0. The van der Waals surface area contributed by atoms with E-state index in [-0.39, 0.29) is 17.1 Å². The Balaban J connectivity index is 1.90. The van der Waals surface area contributed by atoms with Gasteiger partial charge in [-0.1, -0.05) is 24.3 Å². The summed E-state index contributed by atoms with van der Waals surface area (Å²) >= 11 is 0. The fraction of sp³-hybridized carbons (Fsp3) is 0.150. The Morgan fingerprint density at radius 3 is 2.46 bits per heavy atom. The lowest BCUT2D eigenvalue weighted by Crippen LogP contribution is -2.25. The summed E-state index contributed by atoms with van der Waals surface area (Å²) in [5.41, 5.74) is 1.60. The minimum absolute atomic E-state index is 0.0678. The smallest absolute Gasteiger partial charge is 0.337 e. The van der Waals surface area contributed by atoms with Gasteiger partial charge in [-0.25, -0.2) is 4.79 Å². The quantitative estimate of drug-likeness (QED) is 0.665. The number of rotatable bonds is 2. The number of ether oxygens (including phenoxy) is 1. The SMILES string of the molecule is COC(=O)c1ccc([C@H]2c3c(oc4ccccc4c3=O)C(=O)N2C)cc1. The molecule has 1 aromatic heterocycles. The molecule has 1 aliphatic rings. The molecule has 2 aromatic carbocycles. The Kier molecular flexibility index (Phi) is 3.61. The molecule has 1 amide bonds. The van der Waals surface area contributed by atoms with Crippen LogP contribution in [0.15, 0.2) is 57.7 Å². The molecule has 0 saturated heterocycles. The van der Waals surface area contributed by atoms with Crippen LogP contribution in [0.5, 0.6) is 0 Å². The first-order valence-corrected chi connectivity index (χ1v) is 8.04. The number of carbonyl (C=O) groups is 2. The molecule has 0 N–H and O–H groups in total. The molecule has 0 fully saturated rings. The van der Waals surface area contributed by atoms with Gasteiger partial charge in [-0.2, -0.15) is 0 Å². The Labute approximate surface area is 148 Å². The number of fused-ring (bicyclic) bond motifs is 2. The number of nitrogens with zero attached hydrogens (tertiary/aromatic N) is 1. The van der Waals surface area contributed by atoms with Gasteiger partial charge in [0, 0.05) is 7.05 Å². The molecule has 6 nitrogen and oxygen atoms in total. The van der Waals surface area contributed by atoms with E-state index >= 15 is 0 Å². The number of methoxy groups -OCH3 is 1. The highest BCUT2D eigenvalue weighted by atomic mass is 16.5. The third-order valence-electron chi connectivity index (χ3n) is 4.66. The van der Waals surface area contributed by atoms with Gasteiger partial charge in [-0.15, -0.1) is 0 Å². The van der Waals surface area contributed by atoms with Crippen LogP contribution in [0.3, 0.4) is 0 Å². The first-order chi connectivity index (χ1) is 12.5. The molecule has 1 atom stereocenters. The highest BCUT2D eigenvalue weighted by Crippen LogP contribution is 2.36. The molecule has 0 aliphatic carbocycles. The third kappa shape index (κ3) is 2.23. The molecule has 26 heavy (non-hydrogen) atoms. The van der Waals surface area contributed by atoms with E-state index in [0.717, 1.165) is 5.56 Å². The number of hydrogen-bond acceptors (Lipinski definition) is 5. The Hall–Kier alpha value is -3.41. The predicted molar refractivity (Wildman–Crippen MR) is 94.2 cm³/mol. The van der Waals surface area contributed by atoms with Gasteiger partial charge in [0.25, 0.3) is 5.91 Å². The molecular formula is C20H15NO5. The lowest BCUT2D eigenvalue weighted by Gasteiger charge is -2.20. The maximum absolute atomic E-state index is 13.0. The molecule has 2 heterocycles. The standard InChI is InChI=1S/C20H15NO5/c1-21-16(11-7-9-12(10-8-11)20(24)25-2)15-17(22)13-5-3-4-6-14(13)26-18(15)19(21)23/h3-10,16H,1-2H3/t16-/m0/s1. The maximum Gasteiger partial charge on any atom is 0.337 e. The molecule has 0 bridgehead atoms. The summed E-state index contributed by atoms with van der Waals surface area (Å²) in [5, 5.41) is 0.436. The molecule has 6 heteroatoms. The molecule has 0 spiro atoms. The van der Waals surface area contributed by atoms with Crippen LogP contribution in [0, 0.1) is 0 Å². The summed E-state index contributed by atoms with van der Waals surface area (Å²) in [6.07, 6.45) is 0. The number of para-hydroxylation sites is 1. The highest BCUT2D eigenvalue weighted by molar-refractivity contribution is 5.99. The van der Waals surface area contributed by atoms with Gasteiger partial charge in [0.15, 0.2) is 5.43 Å². The van der Waals surface area contributed by atoms with Crippen LogP contribution >= 0.6 is 0 Å². The summed E-state index contributed by atoms with van der Waals surface area (Å²) in [5.74, 6) is -0.721. The fourth-order valence-corrected chi connectivity index (χ4v) is 3.34. The van der Waals surface area contributed by atoms with Gasteiger partial charge in [0.05, 0.1) is 29.7 Å². The van der Waals surface area contributed by atoms with Crippen LogP contribution in [0.1, 0.15) is 38.1 Å². The lowest BCUT2D eigenvalue weighted by molar-refractivity contribution is 0.0600. The van der Waals surface area contributed by atoms with Crippen molar-refractivity contribution >= 4 is 22.8 Å². The molecule has 0 radical (unpaired) electrons. The Morgan fingerprint density at radius 2 is 1.77 bits per heavy atom. The first kappa shape index (κ1) is 16.1. The molecule has 1 aliphatic heterocycles. The van der Waals surface area contributed by atoms with E-state index in [0.29, 0.717) is 22.1 Å². The van der Waals surface area contributed by atoms with Crippen molar-refractivity contribution in [1.29, 1.82) is 0 Å². The summed E-state index contributed by atoms with van der Waals surface area (Å²) in [6, 6.07) is 12.9. The van der Waals surface area contributed by atoms with E-state index in [1.807, 2.05) is 0 Å². The number of esters is 1. The fourth-order valence-electron chi connectivity index (χ4n) is 3.34. The summed E-state index contributed by atoms with van der Waals surface area (Å²) in [4.78, 5) is 38.7. The van der Waals surface area contributed by atoms with E-state index in [2.05, 4.69) is 0 Å². The minimum atomic E-state index is -0.565. The van der Waals surface area contributed by atoms with E-state index in [4.69, 9.17) is 9.15 Å². The van der Waals surface area contributed by atoms with Gasteiger partial charge in [0.2, 0.25) is 5.76 Å². The average Bonchev–Trinajstić information content (AvgIpc) is 2.93. The minimum Gasteiger partial charge on any atom is -0.465 e. The van der Waals surface area contributed by atoms with Crippen LogP contribution < -0.4 is 5.43 Å². The molecule has 130 valence electrons. The molecular weight excluding hydrogens is 334 g/mol. The second-order valence-electron chi connectivity index (χ2n) is 6.10. The van der Waals surface area contributed by atoms with Gasteiger partial charge >= 0.3 is 5.97 Å². The van der Waals surface area contributed by atoms with Crippen LogP contribution in [0.2, 0.25) is 0 Å². The third-order valence-corrected chi connectivity index (χ3v) is 4.66. The number of carbonyl (C=O) groups excluding carboxylic acids is 2. The van der Waals surface area contributed by atoms with Gasteiger partial charge in [-0.05, 0) is 29.8 Å². The molecule has 0 saturated carbocycles. The zero-order chi connectivity index (χ0) is 18.4. The van der Waals surface area contributed by atoms with Crippen molar-refractivity contribution in [1.82, 2.24) is 4.90 Å². The van der Waals surface area contributed by atoms with Crippen LogP contribution in [-0.2, 0) is 4.74 Å². The van der Waals surface area contributed by atoms with Crippen molar-refractivity contribution in [3.8, 4) is 0 Å². The van der Waals surface area contributed by atoms with E-state index < -0.39 is 12.0 Å². The zero-order valence-electron chi connectivity index (χ0n) is 14.2. The van der Waals surface area contributed by atoms with Gasteiger partial charge in [0.1, 0.15) is 5.58 Å². The largest absolute Gasteiger partial charge is 0.465 e. The van der Waals surface area contributed by atoms with E-state index in [1.54, 1.807) is 55.6 Å². The second kappa shape index (κ2) is 5.84. The Morgan fingerprint density at radius 1 is 1.08 bits per heavy atom. The number of hydrogen-bond donors (Lipinski definition) is 0. The first-order valence-electron chi connectivity index (χ1n) is 8.04. The normalized spacial score (nSPS) is 16.0. The monoisotopic (exact) mass is 349 g/mol. The van der Waals surface area contributed by atoms with Gasteiger partial charge in [-0.3, -0.25) is 9.59 Å². The summed E-state index contributed by atoms with van der Waals surface area (Å²) < 4.78 is 10.4. The number of benzene rings is 2. The van der Waals surface area contributed by atoms with E-state index in [9.17, 15) is 14.4 Å². The average molecular weight is 349 g/mol. The number of amides is 1. The lowest BCUT2D eigenvalue weighted by atomic mass is 9.98. The van der Waals surface area contributed by atoms with Crippen molar-refractivity contribution in [3.05, 3.63) is 81.2 Å². The van der Waals surface area contributed by atoms with Crippen molar-refractivity contribution in [2.45, 2.75) is 6.04 Å². The van der Waals surface area contributed by atoms with Crippen LogP contribution in [-0.4, -0.2) is 30.9 Å². The van der Waals surface area contributed by atoms with Gasteiger partial charge < -0.3 is 14.1 Å². The van der Waals surface area contributed by atoms with Crippen LogP contribution in [0.25, 0.3) is 11.0 Å². The Bertz CT molecular complexity index is 1100.